The molecule has 0 bridgehead atoms. The number of aliphatic carboxylic acids is 1. The van der Waals surface area contributed by atoms with Gasteiger partial charge in [-0.25, -0.2) is 4.79 Å². The number of carbonyl (C=O) groups is 2. The highest BCUT2D eigenvalue weighted by Crippen LogP contribution is 2.18. The fourth-order valence-corrected chi connectivity index (χ4v) is 0.992. The Balaban J connectivity index is 4.04. The van der Waals surface area contributed by atoms with Crippen molar-refractivity contribution in [2.45, 2.75) is 53.1 Å². The van der Waals surface area contributed by atoms with Crippen LogP contribution in [0.3, 0.4) is 0 Å². The lowest BCUT2D eigenvalue weighted by Crippen LogP contribution is -2.48. The number of carboxylic acids is 1. The molecule has 0 aliphatic heterocycles. The van der Waals surface area contributed by atoms with Crippen molar-refractivity contribution in [2.75, 3.05) is 0 Å². The van der Waals surface area contributed by atoms with Gasteiger partial charge in [-0.1, -0.05) is 20.8 Å². The van der Waals surface area contributed by atoms with E-state index in [4.69, 9.17) is 5.11 Å². The lowest BCUT2D eigenvalue weighted by atomic mass is 9.88. The molecule has 0 heterocycles. The van der Waals surface area contributed by atoms with Crippen LogP contribution in [0.2, 0.25) is 0 Å². The standard InChI is InChI=1S/C11H22N2O3/c1-7(6-9(14)15)12-10(16)13-8(2)11(3,4)5/h7-8H,6H2,1-5H3,(H,14,15)(H2,12,13,16). The SMILES string of the molecule is CC(CC(=O)O)NC(=O)NC(C)C(C)(C)C. The molecule has 16 heavy (non-hydrogen) atoms. The topological polar surface area (TPSA) is 78.4 Å². The highest BCUT2D eigenvalue weighted by atomic mass is 16.4. The predicted octanol–water partition coefficient (Wildman–Crippen LogP) is 1.58. The lowest BCUT2D eigenvalue weighted by Gasteiger charge is -2.28. The Morgan fingerprint density at radius 3 is 2.06 bits per heavy atom. The third-order valence-corrected chi connectivity index (χ3v) is 2.50. The van der Waals surface area contributed by atoms with Crippen LogP contribution in [0.4, 0.5) is 4.79 Å². The van der Waals surface area contributed by atoms with Gasteiger partial charge in [-0.05, 0) is 19.3 Å². The minimum Gasteiger partial charge on any atom is -0.481 e. The Bertz CT molecular complexity index is 258. The summed E-state index contributed by atoms with van der Waals surface area (Å²) in [4.78, 5) is 21.9. The number of carbonyl (C=O) groups excluding carboxylic acids is 1. The van der Waals surface area contributed by atoms with Crippen LogP contribution in [-0.2, 0) is 4.79 Å². The van der Waals surface area contributed by atoms with Crippen molar-refractivity contribution >= 4 is 12.0 Å². The van der Waals surface area contributed by atoms with Gasteiger partial charge in [0.25, 0.3) is 0 Å². The summed E-state index contributed by atoms with van der Waals surface area (Å²) >= 11 is 0. The maximum absolute atomic E-state index is 11.5. The average molecular weight is 230 g/mol. The zero-order valence-electron chi connectivity index (χ0n) is 10.6. The largest absolute Gasteiger partial charge is 0.481 e. The Hall–Kier alpha value is -1.26. The first-order chi connectivity index (χ1) is 7.12. The quantitative estimate of drug-likeness (QED) is 0.686. The summed E-state index contributed by atoms with van der Waals surface area (Å²) in [5, 5.41) is 13.9. The number of hydrogen-bond acceptors (Lipinski definition) is 2. The smallest absolute Gasteiger partial charge is 0.315 e. The molecule has 2 amide bonds. The normalized spacial score (nSPS) is 15.1. The second-order valence-electron chi connectivity index (χ2n) is 5.20. The van der Waals surface area contributed by atoms with Crippen LogP contribution in [0.15, 0.2) is 0 Å². The van der Waals surface area contributed by atoms with Gasteiger partial charge in [0.15, 0.2) is 0 Å². The minimum atomic E-state index is -0.920. The fraction of sp³-hybridized carbons (Fsp3) is 0.818. The Labute approximate surface area is 96.6 Å². The Morgan fingerprint density at radius 1 is 1.19 bits per heavy atom. The van der Waals surface area contributed by atoms with Gasteiger partial charge in [0.1, 0.15) is 0 Å². The molecule has 3 N–H and O–H groups in total. The predicted molar refractivity (Wildman–Crippen MR) is 62.3 cm³/mol. The molecule has 0 aliphatic rings. The fourth-order valence-electron chi connectivity index (χ4n) is 0.992. The van der Waals surface area contributed by atoms with Gasteiger partial charge in [0.05, 0.1) is 6.42 Å². The van der Waals surface area contributed by atoms with E-state index in [0.717, 1.165) is 0 Å². The zero-order chi connectivity index (χ0) is 12.9. The maximum atomic E-state index is 11.5. The molecule has 94 valence electrons. The van der Waals surface area contributed by atoms with Crippen molar-refractivity contribution in [1.82, 2.24) is 10.6 Å². The van der Waals surface area contributed by atoms with Crippen molar-refractivity contribution in [3.63, 3.8) is 0 Å². The molecule has 2 unspecified atom stereocenters. The van der Waals surface area contributed by atoms with E-state index in [1.165, 1.54) is 0 Å². The van der Waals surface area contributed by atoms with Crippen LogP contribution in [0.25, 0.3) is 0 Å². The third-order valence-electron chi connectivity index (χ3n) is 2.50. The summed E-state index contributed by atoms with van der Waals surface area (Å²) in [6, 6.07) is -0.676. The summed E-state index contributed by atoms with van der Waals surface area (Å²) in [5.74, 6) is -0.920. The van der Waals surface area contributed by atoms with Gasteiger partial charge < -0.3 is 15.7 Å². The van der Waals surface area contributed by atoms with E-state index < -0.39 is 5.97 Å². The van der Waals surface area contributed by atoms with Gasteiger partial charge in [-0.15, -0.1) is 0 Å². The van der Waals surface area contributed by atoms with E-state index in [9.17, 15) is 9.59 Å². The molecule has 0 aliphatic carbocycles. The Kier molecular flexibility index (Phi) is 5.27. The van der Waals surface area contributed by atoms with E-state index in [1.54, 1.807) is 6.92 Å². The Morgan fingerprint density at radius 2 is 1.69 bits per heavy atom. The third kappa shape index (κ3) is 6.27. The monoisotopic (exact) mass is 230 g/mol. The molecule has 0 aromatic rings. The molecule has 0 fully saturated rings. The van der Waals surface area contributed by atoms with Gasteiger partial charge >= 0.3 is 12.0 Å². The molecule has 0 radical (unpaired) electrons. The first-order valence-corrected chi connectivity index (χ1v) is 5.41. The molecule has 0 aromatic heterocycles. The van der Waals surface area contributed by atoms with E-state index in [0.29, 0.717) is 0 Å². The zero-order valence-corrected chi connectivity index (χ0v) is 10.6. The molecular weight excluding hydrogens is 208 g/mol. The number of hydrogen-bond donors (Lipinski definition) is 3. The molecule has 2 atom stereocenters. The van der Waals surface area contributed by atoms with Crippen LogP contribution >= 0.6 is 0 Å². The molecular formula is C11H22N2O3. The van der Waals surface area contributed by atoms with E-state index in [1.807, 2.05) is 27.7 Å². The van der Waals surface area contributed by atoms with Crippen molar-refractivity contribution in [2.24, 2.45) is 5.41 Å². The highest BCUT2D eigenvalue weighted by Gasteiger charge is 2.22. The molecule has 0 saturated carbocycles. The first kappa shape index (κ1) is 14.7. The van der Waals surface area contributed by atoms with E-state index in [2.05, 4.69) is 10.6 Å². The van der Waals surface area contributed by atoms with Gasteiger partial charge in [0, 0.05) is 12.1 Å². The van der Waals surface area contributed by atoms with Gasteiger partial charge in [-0.2, -0.15) is 0 Å². The number of urea groups is 1. The maximum Gasteiger partial charge on any atom is 0.315 e. The summed E-state index contributed by atoms with van der Waals surface area (Å²) in [6.07, 6.45) is -0.0721. The van der Waals surface area contributed by atoms with Gasteiger partial charge in [0.2, 0.25) is 0 Å². The summed E-state index contributed by atoms with van der Waals surface area (Å²) in [7, 11) is 0. The minimum absolute atomic E-state index is 0.0181. The molecule has 0 spiro atoms. The van der Waals surface area contributed by atoms with Crippen LogP contribution in [0, 0.1) is 5.41 Å². The number of rotatable bonds is 4. The summed E-state index contributed by atoms with van der Waals surface area (Å²) in [6.45, 7) is 9.66. The molecule has 5 heteroatoms. The molecule has 0 rings (SSSR count). The van der Waals surface area contributed by atoms with Crippen molar-refractivity contribution in [1.29, 1.82) is 0 Å². The highest BCUT2D eigenvalue weighted by molar-refractivity contribution is 5.75. The summed E-state index contributed by atoms with van der Waals surface area (Å²) < 4.78 is 0. The van der Waals surface area contributed by atoms with Crippen molar-refractivity contribution in [3.05, 3.63) is 0 Å². The first-order valence-electron chi connectivity index (χ1n) is 5.41. The van der Waals surface area contributed by atoms with E-state index in [-0.39, 0.29) is 30.0 Å². The van der Waals surface area contributed by atoms with Crippen LogP contribution in [0.1, 0.15) is 41.0 Å². The molecule has 5 nitrogen and oxygen atoms in total. The molecule has 0 aromatic carbocycles. The lowest BCUT2D eigenvalue weighted by molar-refractivity contribution is -0.137. The number of nitrogens with one attached hydrogen (secondary N) is 2. The second-order valence-corrected chi connectivity index (χ2v) is 5.20. The number of amides is 2. The summed E-state index contributed by atoms with van der Waals surface area (Å²) in [5.41, 5.74) is -0.0205. The second kappa shape index (κ2) is 5.72. The van der Waals surface area contributed by atoms with Gasteiger partial charge in [-0.3, -0.25) is 4.79 Å². The number of carboxylic acid groups (broad SMARTS) is 1. The van der Waals surface area contributed by atoms with Crippen molar-refractivity contribution in [3.8, 4) is 0 Å². The average Bonchev–Trinajstić information content (AvgIpc) is 1.98. The van der Waals surface area contributed by atoms with Crippen molar-refractivity contribution < 1.29 is 14.7 Å². The van der Waals surface area contributed by atoms with Crippen LogP contribution in [-0.4, -0.2) is 29.2 Å². The van der Waals surface area contributed by atoms with Crippen LogP contribution in [0.5, 0.6) is 0 Å². The van der Waals surface area contributed by atoms with Crippen LogP contribution < -0.4 is 10.6 Å². The molecule has 0 saturated heterocycles. The van der Waals surface area contributed by atoms with E-state index >= 15 is 0 Å².